The molecule has 90 valence electrons. The smallest absolute Gasteiger partial charge is 0.246 e. The Labute approximate surface area is 99.6 Å². The zero-order valence-electron chi connectivity index (χ0n) is 9.64. The molecular weight excluding hydrogens is 218 g/mol. The molecule has 2 amide bonds. The first-order chi connectivity index (χ1) is 8.08. The molecule has 2 rings (SSSR count). The molecule has 0 radical (unpaired) electrons. The van der Waals surface area contributed by atoms with Crippen LogP contribution in [0.15, 0.2) is 24.3 Å². The van der Waals surface area contributed by atoms with Crippen LogP contribution in [0.3, 0.4) is 0 Å². The number of carbonyl (C=O) groups is 2. The molecule has 5 nitrogen and oxygen atoms in total. The van der Waals surface area contributed by atoms with Crippen LogP contribution in [0, 0.1) is 0 Å². The van der Waals surface area contributed by atoms with Crippen molar-refractivity contribution in [3.8, 4) is 0 Å². The number of hydrogen-bond acceptors (Lipinski definition) is 3. The van der Waals surface area contributed by atoms with Gasteiger partial charge in [-0.2, -0.15) is 0 Å². The van der Waals surface area contributed by atoms with Crippen molar-refractivity contribution in [2.24, 2.45) is 5.73 Å². The molecule has 1 aromatic carbocycles. The number of piperazine rings is 1. The lowest BCUT2D eigenvalue weighted by atomic mass is 10.1. The van der Waals surface area contributed by atoms with Gasteiger partial charge in [-0.05, 0) is 24.6 Å². The van der Waals surface area contributed by atoms with E-state index in [1.165, 1.54) is 4.90 Å². The minimum absolute atomic E-state index is 0.0568. The number of benzene rings is 1. The molecule has 17 heavy (non-hydrogen) atoms. The van der Waals surface area contributed by atoms with E-state index in [1.54, 1.807) is 0 Å². The summed E-state index contributed by atoms with van der Waals surface area (Å²) in [5, 5.41) is 2.51. The maximum absolute atomic E-state index is 11.7. The van der Waals surface area contributed by atoms with Crippen LogP contribution in [-0.4, -0.2) is 24.9 Å². The molecule has 1 aromatic rings. The van der Waals surface area contributed by atoms with Crippen LogP contribution in [0.4, 0.5) is 5.69 Å². The van der Waals surface area contributed by atoms with Crippen molar-refractivity contribution in [3.63, 3.8) is 0 Å². The van der Waals surface area contributed by atoms with Gasteiger partial charge in [0.1, 0.15) is 6.54 Å². The molecule has 0 bridgehead atoms. The zero-order valence-corrected chi connectivity index (χ0v) is 9.64. The summed E-state index contributed by atoms with van der Waals surface area (Å²) in [6.07, 6.45) is 0. The maximum atomic E-state index is 11.7. The predicted molar refractivity (Wildman–Crippen MR) is 64.4 cm³/mol. The summed E-state index contributed by atoms with van der Waals surface area (Å²) in [7, 11) is 0. The molecule has 0 aliphatic carbocycles. The van der Waals surface area contributed by atoms with Crippen molar-refractivity contribution in [3.05, 3.63) is 29.8 Å². The summed E-state index contributed by atoms with van der Waals surface area (Å²) >= 11 is 0. The third kappa shape index (κ3) is 2.45. The summed E-state index contributed by atoms with van der Waals surface area (Å²) in [6.45, 7) is 2.01. The molecular formula is C12H15N3O2. The molecule has 1 aliphatic heterocycles. The van der Waals surface area contributed by atoms with E-state index in [4.69, 9.17) is 5.73 Å². The van der Waals surface area contributed by atoms with Gasteiger partial charge in [-0.15, -0.1) is 0 Å². The molecule has 5 heteroatoms. The van der Waals surface area contributed by atoms with E-state index in [0.717, 1.165) is 11.3 Å². The highest BCUT2D eigenvalue weighted by atomic mass is 16.2. The third-order valence-corrected chi connectivity index (χ3v) is 2.75. The number of hydrogen-bond donors (Lipinski definition) is 2. The molecule has 1 fully saturated rings. The van der Waals surface area contributed by atoms with Crippen LogP contribution in [0.25, 0.3) is 0 Å². The summed E-state index contributed by atoms with van der Waals surface area (Å²) in [4.78, 5) is 24.5. The Morgan fingerprint density at radius 1 is 1.41 bits per heavy atom. The Morgan fingerprint density at radius 2 is 2.18 bits per heavy atom. The van der Waals surface area contributed by atoms with Gasteiger partial charge in [-0.3, -0.25) is 9.59 Å². The number of nitrogens with zero attached hydrogens (tertiary/aromatic N) is 1. The molecule has 0 saturated carbocycles. The van der Waals surface area contributed by atoms with E-state index in [2.05, 4.69) is 5.32 Å². The van der Waals surface area contributed by atoms with Gasteiger partial charge in [-0.1, -0.05) is 12.1 Å². The molecule has 1 heterocycles. The summed E-state index contributed by atoms with van der Waals surface area (Å²) in [6, 6.07) is 7.31. The number of rotatable bonds is 2. The Kier molecular flexibility index (Phi) is 3.10. The number of nitrogens with two attached hydrogens (primary N) is 1. The molecule has 3 N–H and O–H groups in total. The van der Waals surface area contributed by atoms with Crippen LogP contribution in [0.5, 0.6) is 0 Å². The molecule has 1 atom stereocenters. The lowest BCUT2D eigenvalue weighted by molar-refractivity contribution is -0.128. The topological polar surface area (TPSA) is 75.4 Å². The quantitative estimate of drug-likeness (QED) is 0.764. The Bertz CT molecular complexity index is 457. The summed E-state index contributed by atoms with van der Waals surface area (Å²) < 4.78 is 0. The lowest BCUT2D eigenvalue weighted by Gasteiger charge is -2.27. The van der Waals surface area contributed by atoms with E-state index in [0.29, 0.717) is 0 Å². The minimum Gasteiger partial charge on any atom is -0.345 e. The molecule has 1 saturated heterocycles. The number of amides is 2. The van der Waals surface area contributed by atoms with Crippen molar-refractivity contribution in [1.29, 1.82) is 0 Å². The Balaban J connectivity index is 2.29. The Hall–Kier alpha value is -1.88. The van der Waals surface area contributed by atoms with Gasteiger partial charge in [0.15, 0.2) is 0 Å². The minimum atomic E-state index is -0.143. The average molecular weight is 233 g/mol. The van der Waals surface area contributed by atoms with Crippen molar-refractivity contribution in [2.75, 3.05) is 18.0 Å². The lowest BCUT2D eigenvalue weighted by Crippen LogP contribution is -2.51. The second kappa shape index (κ2) is 4.55. The van der Waals surface area contributed by atoms with Crippen LogP contribution in [-0.2, 0) is 9.59 Å². The van der Waals surface area contributed by atoms with E-state index in [-0.39, 0.29) is 30.9 Å². The largest absolute Gasteiger partial charge is 0.345 e. The van der Waals surface area contributed by atoms with E-state index < -0.39 is 0 Å². The van der Waals surface area contributed by atoms with Gasteiger partial charge in [0.05, 0.1) is 6.54 Å². The van der Waals surface area contributed by atoms with Gasteiger partial charge in [0.25, 0.3) is 0 Å². The highest BCUT2D eigenvalue weighted by Gasteiger charge is 2.24. The first kappa shape index (κ1) is 11.6. The normalized spacial score (nSPS) is 17.9. The second-order valence-corrected chi connectivity index (χ2v) is 4.14. The molecule has 0 aromatic heterocycles. The van der Waals surface area contributed by atoms with Crippen molar-refractivity contribution in [2.45, 2.75) is 13.0 Å². The van der Waals surface area contributed by atoms with E-state index in [1.807, 2.05) is 31.2 Å². The first-order valence-corrected chi connectivity index (χ1v) is 5.50. The van der Waals surface area contributed by atoms with Gasteiger partial charge < -0.3 is 16.0 Å². The maximum Gasteiger partial charge on any atom is 0.246 e. The van der Waals surface area contributed by atoms with Crippen molar-refractivity contribution in [1.82, 2.24) is 5.32 Å². The van der Waals surface area contributed by atoms with Crippen LogP contribution < -0.4 is 16.0 Å². The highest BCUT2D eigenvalue weighted by Crippen LogP contribution is 2.20. The third-order valence-electron chi connectivity index (χ3n) is 2.75. The fourth-order valence-electron chi connectivity index (χ4n) is 1.77. The van der Waals surface area contributed by atoms with E-state index in [9.17, 15) is 9.59 Å². The van der Waals surface area contributed by atoms with E-state index >= 15 is 0 Å². The fraction of sp³-hybridized carbons (Fsp3) is 0.333. The van der Waals surface area contributed by atoms with Crippen LogP contribution in [0.2, 0.25) is 0 Å². The fourth-order valence-corrected chi connectivity index (χ4v) is 1.77. The summed E-state index contributed by atoms with van der Waals surface area (Å²) in [5.74, 6) is -0.248. The predicted octanol–water partition coefficient (Wildman–Crippen LogP) is 0.169. The second-order valence-electron chi connectivity index (χ2n) is 4.14. The van der Waals surface area contributed by atoms with Crippen molar-refractivity contribution >= 4 is 17.5 Å². The highest BCUT2D eigenvalue weighted by molar-refractivity contribution is 6.04. The number of nitrogens with one attached hydrogen (secondary N) is 1. The van der Waals surface area contributed by atoms with Crippen LogP contribution in [0.1, 0.15) is 18.5 Å². The standard InChI is InChI=1S/C12H15N3O2/c1-8(13)9-3-2-4-10(5-9)15-7-11(16)14-6-12(15)17/h2-5,8H,6-7,13H2,1H3,(H,14,16). The zero-order chi connectivity index (χ0) is 12.4. The first-order valence-electron chi connectivity index (χ1n) is 5.50. The van der Waals surface area contributed by atoms with Gasteiger partial charge >= 0.3 is 0 Å². The van der Waals surface area contributed by atoms with Crippen LogP contribution >= 0.6 is 0 Å². The van der Waals surface area contributed by atoms with Gasteiger partial charge in [0.2, 0.25) is 11.8 Å². The monoisotopic (exact) mass is 233 g/mol. The summed E-state index contributed by atoms with van der Waals surface area (Å²) in [5.41, 5.74) is 7.46. The molecule has 1 aliphatic rings. The average Bonchev–Trinajstić information content (AvgIpc) is 2.32. The molecule has 1 unspecified atom stereocenters. The Morgan fingerprint density at radius 3 is 2.88 bits per heavy atom. The number of anilines is 1. The molecule has 0 spiro atoms. The number of carbonyl (C=O) groups excluding carboxylic acids is 2. The van der Waals surface area contributed by atoms with Gasteiger partial charge in [-0.25, -0.2) is 0 Å². The SMILES string of the molecule is CC(N)c1cccc(N2CC(=O)NCC2=O)c1. The van der Waals surface area contributed by atoms with Crippen molar-refractivity contribution < 1.29 is 9.59 Å². The van der Waals surface area contributed by atoms with Gasteiger partial charge in [0, 0.05) is 11.7 Å².